The molecular weight excluding hydrogens is 291 g/mol. The highest BCUT2D eigenvalue weighted by Crippen LogP contribution is 2.31. The first kappa shape index (κ1) is 12.7. The summed E-state index contributed by atoms with van der Waals surface area (Å²) in [5.41, 5.74) is 0.429. The van der Waals surface area contributed by atoms with E-state index in [4.69, 9.17) is 27.9 Å². The first-order chi connectivity index (χ1) is 9.09. The zero-order valence-corrected chi connectivity index (χ0v) is 11.3. The van der Waals surface area contributed by atoms with Crippen molar-refractivity contribution in [2.75, 3.05) is 24.7 Å². The number of ether oxygens (including phenoxy) is 1. The molecule has 5 nitrogen and oxygen atoms in total. The molecule has 0 radical (unpaired) electrons. The van der Waals surface area contributed by atoms with Gasteiger partial charge in [0.2, 0.25) is 0 Å². The van der Waals surface area contributed by atoms with Crippen LogP contribution in [-0.4, -0.2) is 42.6 Å². The maximum absolute atomic E-state index is 12.3. The molecule has 0 saturated carbocycles. The summed E-state index contributed by atoms with van der Waals surface area (Å²) in [5.74, 6) is -0.289. The Hall–Kier alpha value is -1.30. The van der Waals surface area contributed by atoms with Gasteiger partial charge >= 0.3 is 6.03 Å². The van der Waals surface area contributed by atoms with Gasteiger partial charge in [0.25, 0.3) is 5.91 Å². The number of imide groups is 1. The molecule has 1 unspecified atom stereocenters. The molecule has 2 saturated heterocycles. The second-order valence-corrected chi connectivity index (χ2v) is 5.15. The van der Waals surface area contributed by atoms with E-state index in [9.17, 15) is 9.59 Å². The summed E-state index contributed by atoms with van der Waals surface area (Å²) in [6.07, 6.45) is 0. The third kappa shape index (κ3) is 1.98. The van der Waals surface area contributed by atoms with Gasteiger partial charge in [-0.05, 0) is 18.2 Å². The topological polar surface area (TPSA) is 49.9 Å². The van der Waals surface area contributed by atoms with E-state index in [0.717, 1.165) is 4.90 Å². The number of carbonyl (C=O) groups is 2. The maximum Gasteiger partial charge on any atom is 0.332 e. The monoisotopic (exact) mass is 300 g/mol. The fraction of sp³-hybridized carbons (Fsp3) is 0.333. The largest absolute Gasteiger partial charge is 0.377 e. The van der Waals surface area contributed by atoms with Gasteiger partial charge in [-0.1, -0.05) is 23.2 Å². The van der Waals surface area contributed by atoms with Crippen molar-refractivity contribution in [3.8, 4) is 0 Å². The molecule has 2 aliphatic heterocycles. The minimum atomic E-state index is -0.532. The van der Waals surface area contributed by atoms with Crippen LogP contribution in [0.2, 0.25) is 10.0 Å². The first-order valence-corrected chi connectivity index (χ1v) is 6.52. The first-order valence-electron chi connectivity index (χ1n) is 5.77. The maximum atomic E-state index is 12.3. The van der Waals surface area contributed by atoms with Gasteiger partial charge in [-0.15, -0.1) is 0 Å². The Bertz CT molecular complexity index is 540. The molecule has 0 spiro atoms. The van der Waals surface area contributed by atoms with E-state index in [0.29, 0.717) is 28.9 Å². The summed E-state index contributed by atoms with van der Waals surface area (Å²) in [6.45, 7) is 1.11. The molecule has 1 atom stereocenters. The zero-order valence-electron chi connectivity index (χ0n) is 9.81. The quantitative estimate of drug-likeness (QED) is 0.747. The van der Waals surface area contributed by atoms with E-state index < -0.39 is 6.04 Å². The van der Waals surface area contributed by atoms with Crippen LogP contribution in [-0.2, 0) is 9.53 Å². The molecule has 1 aromatic carbocycles. The van der Waals surface area contributed by atoms with Crippen LogP contribution < -0.4 is 4.90 Å². The van der Waals surface area contributed by atoms with Crippen LogP contribution in [0.5, 0.6) is 0 Å². The average Bonchev–Trinajstić information content (AvgIpc) is 2.66. The lowest BCUT2D eigenvalue weighted by Gasteiger charge is -2.26. The Kier molecular flexibility index (Phi) is 3.12. The highest BCUT2D eigenvalue weighted by atomic mass is 35.5. The molecule has 7 heteroatoms. The van der Waals surface area contributed by atoms with Crippen molar-refractivity contribution in [2.24, 2.45) is 0 Å². The molecular formula is C12H10Cl2N2O3. The second-order valence-electron chi connectivity index (χ2n) is 4.34. The van der Waals surface area contributed by atoms with Crippen molar-refractivity contribution in [2.45, 2.75) is 6.04 Å². The van der Waals surface area contributed by atoms with E-state index in [1.807, 2.05) is 0 Å². The molecule has 0 aromatic heterocycles. The van der Waals surface area contributed by atoms with Gasteiger partial charge in [0.15, 0.2) is 0 Å². The smallest absolute Gasteiger partial charge is 0.332 e. The van der Waals surface area contributed by atoms with E-state index in [1.54, 1.807) is 12.1 Å². The number of fused-ring (bicyclic) bond motifs is 1. The number of hydrogen-bond acceptors (Lipinski definition) is 3. The summed E-state index contributed by atoms with van der Waals surface area (Å²) >= 11 is 11.8. The second kappa shape index (κ2) is 4.67. The number of amides is 3. The number of hydrogen-bond donors (Lipinski definition) is 0. The number of morpholine rings is 1. The van der Waals surface area contributed by atoms with Crippen LogP contribution in [0.15, 0.2) is 18.2 Å². The summed E-state index contributed by atoms with van der Waals surface area (Å²) in [6, 6.07) is 3.81. The van der Waals surface area contributed by atoms with Gasteiger partial charge in [0, 0.05) is 6.54 Å². The Balaban J connectivity index is 1.98. The van der Waals surface area contributed by atoms with Crippen LogP contribution in [0.1, 0.15) is 0 Å². The zero-order chi connectivity index (χ0) is 13.6. The highest BCUT2D eigenvalue weighted by Gasteiger charge is 2.47. The number of rotatable bonds is 1. The summed E-state index contributed by atoms with van der Waals surface area (Å²) in [5, 5.41) is 0.687. The van der Waals surface area contributed by atoms with Crippen molar-refractivity contribution in [3.63, 3.8) is 0 Å². The molecule has 2 fully saturated rings. The SMILES string of the molecule is O=C1C2COCCN2C(=O)N1c1ccc(Cl)c(Cl)c1. The molecule has 100 valence electrons. The number of anilines is 1. The molecule has 1 aromatic rings. The van der Waals surface area contributed by atoms with Crippen molar-refractivity contribution < 1.29 is 14.3 Å². The molecule has 0 N–H and O–H groups in total. The number of benzene rings is 1. The van der Waals surface area contributed by atoms with Crippen molar-refractivity contribution >= 4 is 40.8 Å². The summed E-state index contributed by atoms with van der Waals surface area (Å²) < 4.78 is 5.24. The van der Waals surface area contributed by atoms with E-state index >= 15 is 0 Å². The lowest BCUT2D eigenvalue weighted by atomic mass is 10.2. The van der Waals surface area contributed by atoms with Gasteiger partial charge in [0.1, 0.15) is 6.04 Å². The molecule has 2 aliphatic rings. The van der Waals surface area contributed by atoms with Crippen molar-refractivity contribution in [1.82, 2.24) is 4.90 Å². The summed E-state index contributed by atoms with van der Waals surface area (Å²) in [7, 11) is 0. The third-order valence-corrected chi connectivity index (χ3v) is 3.97. The Labute approximate surface area is 119 Å². The Morgan fingerprint density at radius 3 is 2.68 bits per heavy atom. The van der Waals surface area contributed by atoms with Crippen LogP contribution in [0.3, 0.4) is 0 Å². The molecule has 3 rings (SSSR count). The third-order valence-electron chi connectivity index (χ3n) is 3.23. The van der Waals surface area contributed by atoms with Crippen molar-refractivity contribution in [1.29, 1.82) is 0 Å². The minimum Gasteiger partial charge on any atom is -0.377 e. The number of halogens is 2. The number of carbonyl (C=O) groups excluding carboxylic acids is 2. The van der Waals surface area contributed by atoms with Crippen LogP contribution >= 0.6 is 23.2 Å². The molecule has 3 amide bonds. The molecule has 0 aliphatic carbocycles. The van der Waals surface area contributed by atoms with Gasteiger partial charge in [-0.2, -0.15) is 0 Å². The fourth-order valence-corrected chi connectivity index (χ4v) is 2.56. The predicted molar refractivity (Wildman–Crippen MR) is 70.7 cm³/mol. The molecule has 0 bridgehead atoms. The number of urea groups is 1. The lowest BCUT2D eigenvalue weighted by molar-refractivity contribution is -0.123. The van der Waals surface area contributed by atoms with E-state index in [2.05, 4.69) is 0 Å². The molecule has 2 heterocycles. The highest BCUT2D eigenvalue weighted by molar-refractivity contribution is 6.42. The summed E-state index contributed by atoms with van der Waals surface area (Å²) in [4.78, 5) is 27.1. The van der Waals surface area contributed by atoms with E-state index in [-0.39, 0.29) is 18.5 Å². The van der Waals surface area contributed by atoms with Crippen LogP contribution in [0.25, 0.3) is 0 Å². The van der Waals surface area contributed by atoms with Gasteiger partial charge < -0.3 is 9.64 Å². The Morgan fingerprint density at radius 1 is 1.21 bits per heavy atom. The normalized spacial score (nSPS) is 22.9. The van der Waals surface area contributed by atoms with Crippen LogP contribution in [0, 0.1) is 0 Å². The van der Waals surface area contributed by atoms with Crippen LogP contribution in [0.4, 0.5) is 10.5 Å². The number of nitrogens with zero attached hydrogens (tertiary/aromatic N) is 2. The standard InChI is InChI=1S/C12H10Cl2N2O3/c13-8-2-1-7(5-9(8)14)16-11(17)10-6-19-4-3-15(10)12(16)18/h1-2,5,10H,3-4,6H2. The van der Waals surface area contributed by atoms with Crippen molar-refractivity contribution in [3.05, 3.63) is 28.2 Å². The van der Waals surface area contributed by atoms with Gasteiger partial charge in [-0.3, -0.25) is 4.79 Å². The lowest BCUT2D eigenvalue weighted by Crippen LogP contribution is -2.45. The average molecular weight is 301 g/mol. The fourth-order valence-electron chi connectivity index (χ4n) is 2.27. The van der Waals surface area contributed by atoms with E-state index in [1.165, 1.54) is 11.0 Å². The van der Waals surface area contributed by atoms with Gasteiger partial charge in [-0.25, -0.2) is 9.69 Å². The van der Waals surface area contributed by atoms with Gasteiger partial charge in [0.05, 0.1) is 28.9 Å². The Morgan fingerprint density at radius 2 is 2.00 bits per heavy atom. The molecule has 19 heavy (non-hydrogen) atoms. The minimum absolute atomic E-state index is 0.238. The predicted octanol–water partition coefficient (Wildman–Crippen LogP) is 2.16.